The number of carboxylic acid groups (broad SMARTS) is 1. The highest BCUT2D eigenvalue weighted by molar-refractivity contribution is 7.91. The molecule has 1 rings (SSSR count). The minimum absolute atomic E-state index is 0.0199. The summed E-state index contributed by atoms with van der Waals surface area (Å²) in [5.74, 6) is -1.32. The summed E-state index contributed by atoms with van der Waals surface area (Å²) in [6, 6.07) is -0.0269. The molecule has 0 unspecified atom stereocenters. The fourth-order valence-corrected chi connectivity index (χ4v) is 4.30. The molecule has 0 aliphatic heterocycles. The van der Waals surface area contributed by atoms with Crippen LogP contribution in [0.1, 0.15) is 46.0 Å². The van der Waals surface area contributed by atoms with Gasteiger partial charge in [0.05, 0.1) is 17.4 Å². The van der Waals surface area contributed by atoms with Crippen molar-refractivity contribution in [3.05, 3.63) is 0 Å². The van der Waals surface area contributed by atoms with Crippen LogP contribution in [-0.4, -0.2) is 42.9 Å². The van der Waals surface area contributed by atoms with Crippen molar-refractivity contribution in [2.24, 2.45) is 11.8 Å². The number of rotatable bonds is 7. The molecule has 0 aromatic heterocycles. The van der Waals surface area contributed by atoms with Crippen LogP contribution in [0.2, 0.25) is 0 Å². The predicted molar refractivity (Wildman–Crippen MR) is 79.6 cm³/mol. The van der Waals surface area contributed by atoms with Crippen molar-refractivity contribution in [2.75, 3.05) is 11.5 Å². The zero-order chi connectivity index (χ0) is 16.0. The second-order valence-electron chi connectivity index (χ2n) is 6.21. The molecule has 0 saturated heterocycles. The zero-order valence-electron chi connectivity index (χ0n) is 12.7. The van der Waals surface area contributed by atoms with E-state index in [9.17, 15) is 18.0 Å². The molecule has 1 amide bonds. The lowest BCUT2D eigenvalue weighted by atomic mass is 9.86. The number of sulfone groups is 1. The van der Waals surface area contributed by atoms with Crippen LogP contribution in [0.25, 0.3) is 0 Å². The maximum Gasteiger partial charge on any atom is 0.306 e. The van der Waals surface area contributed by atoms with Crippen LogP contribution in [0.3, 0.4) is 0 Å². The van der Waals surface area contributed by atoms with Crippen LogP contribution in [0.5, 0.6) is 0 Å². The summed E-state index contributed by atoms with van der Waals surface area (Å²) < 4.78 is 23.4. The molecule has 1 aliphatic rings. The van der Waals surface area contributed by atoms with Gasteiger partial charge in [-0.15, -0.1) is 0 Å². The number of aliphatic carboxylic acids is 1. The van der Waals surface area contributed by atoms with Gasteiger partial charge in [0.1, 0.15) is 0 Å². The van der Waals surface area contributed by atoms with E-state index in [-0.39, 0.29) is 41.7 Å². The maximum atomic E-state index is 11.8. The van der Waals surface area contributed by atoms with Crippen LogP contribution in [0, 0.1) is 11.8 Å². The van der Waals surface area contributed by atoms with Crippen LogP contribution in [-0.2, 0) is 19.4 Å². The van der Waals surface area contributed by atoms with Gasteiger partial charge in [-0.05, 0) is 31.6 Å². The lowest BCUT2D eigenvalue weighted by Gasteiger charge is -2.26. The van der Waals surface area contributed by atoms with Crippen molar-refractivity contribution in [1.82, 2.24) is 5.32 Å². The van der Waals surface area contributed by atoms with Crippen LogP contribution in [0.15, 0.2) is 0 Å². The van der Waals surface area contributed by atoms with Crippen molar-refractivity contribution in [2.45, 2.75) is 52.0 Å². The van der Waals surface area contributed by atoms with E-state index >= 15 is 0 Å². The molecule has 0 aromatic rings. The molecule has 0 atom stereocenters. The SMILES string of the molecule is CC(C)CS(=O)(=O)CCC(=O)NC1CCC(C(=O)O)CC1. The minimum atomic E-state index is -3.18. The average Bonchev–Trinajstić information content (AvgIpc) is 2.36. The zero-order valence-corrected chi connectivity index (χ0v) is 13.5. The predicted octanol–water partition coefficient (Wildman–Crippen LogP) is 1.21. The van der Waals surface area contributed by atoms with E-state index in [4.69, 9.17) is 5.11 Å². The Hall–Kier alpha value is -1.11. The molecule has 0 heterocycles. The summed E-state index contributed by atoms with van der Waals surface area (Å²) in [7, 11) is -3.18. The number of hydrogen-bond donors (Lipinski definition) is 2. The Balaban J connectivity index is 2.31. The highest BCUT2D eigenvalue weighted by atomic mass is 32.2. The average molecular weight is 319 g/mol. The fourth-order valence-electron chi connectivity index (χ4n) is 2.62. The summed E-state index contributed by atoms with van der Waals surface area (Å²) in [6.07, 6.45) is 2.38. The van der Waals surface area contributed by atoms with Gasteiger partial charge >= 0.3 is 5.97 Å². The Bertz CT molecular complexity index is 464. The van der Waals surface area contributed by atoms with E-state index < -0.39 is 15.8 Å². The number of hydrogen-bond acceptors (Lipinski definition) is 4. The first kappa shape index (κ1) is 17.9. The Morgan fingerprint density at radius 1 is 1.19 bits per heavy atom. The molecular weight excluding hydrogens is 294 g/mol. The van der Waals surface area contributed by atoms with E-state index in [1.165, 1.54) is 0 Å². The second-order valence-corrected chi connectivity index (χ2v) is 8.44. The molecule has 0 spiro atoms. The number of amides is 1. The largest absolute Gasteiger partial charge is 0.481 e. The third kappa shape index (κ3) is 6.93. The van der Waals surface area contributed by atoms with Crippen LogP contribution in [0.4, 0.5) is 0 Å². The van der Waals surface area contributed by atoms with E-state index in [1.54, 1.807) is 0 Å². The molecule has 1 aliphatic carbocycles. The number of carboxylic acids is 1. The Morgan fingerprint density at radius 2 is 1.76 bits per heavy atom. The first-order valence-corrected chi connectivity index (χ1v) is 9.24. The summed E-state index contributed by atoms with van der Waals surface area (Å²) in [5.41, 5.74) is 0. The number of nitrogens with one attached hydrogen (secondary N) is 1. The lowest BCUT2D eigenvalue weighted by molar-refractivity contribution is -0.142. The van der Waals surface area contributed by atoms with E-state index in [1.807, 2.05) is 13.8 Å². The van der Waals surface area contributed by atoms with Gasteiger partial charge in [-0.3, -0.25) is 9.59 Å². The normalized spacial score (nSPS) is 23.0. The second kappa shape index (κ2) is 7.77. The molecule has 7 heteroatoms. The first-order valence-electron chi connectivity index (χ1n) is 7.42. The summed E-state index contributed by atoms with van der Waals surface area (Å²) >= 11 is 0. The summed E-state index contributed by atoms with van der Waals surface area (Å²) in [6.45, 7) is 3.66. The smallest absolute Gasteiger partial charge is 0.306 e. The first-order chi connectivity index (χ1) is 9.69. The molecule has 122 valence electrons. The van der Waals surface area contributed by atoms with Gasteiger partial charge in [-0.2, -0.15) is 0 Å². The maximum absolute atomic E-state index is 11.8. The highest BCUT2D eigenvalue weighted by Gasteiger charge is 2.26. The quantitative estimate of drug-likeness (QED) is 0.734. The molecule has 0 bridgehead atoms. The number of carbonyl (C=O) groups is 2. The molecule has 1 saturated carbocycles. The van der Waals surface area contributed by atoms with E-state index in [0.717, 1.165) is 0 Å². The van der Waals surface area contributed by atoms with Gasteiger partial charge in [-0.1, -0.05) is 13.8 Å². The van der Waals surface area contributed by atoms with E-state index in [2.05, 4.69) is 5.32 Å². The molecule has 1 fully saturated rings. The van der Waals surface area contributed by atoms with E-state index in [0.29, 0.717) is 25.7 Å². The molecule has 0 radical (unpaired) electrons. The van der Waals surface area contributed by atoms with Crippen LogP contribution < -0.4 is 5.32 Å². The molecule has 21 heavy (non-hydrogen) atoms. The molecule has 2 N–H and O–H groups in total. The van der Waals surface area contributed by atoms with Gasteiger partial charge in [-0.25, -0.2) is 8.42 Å². The summed E-state index contributed by atoms with van der Waals surface area (Å²) in [4.78, 5) is 22.6. The van der Waals surface area contributed by atoms with Crippen molar-refractivity contribution in [3.8, 4) is 0 Å². The topological polar surface area (TPSA) is 101 Å². The lowest BCUT2D eigenvalue weighted by Crippen LogP contribution is -2.39. The minimum Gasteiger partial charge on any atom is -0.481 e. The van der Waals surface area contributed by atoms with Gasteiger partial charge in [0.25, 0.3) is 0 Å². The van der Waals surface area contributed by atoms with Crippen molar-refractivity contribution in [3.63, 3.8) is 0 Å². The fraction of sp³-hybridized carbons (Fsp3) is 0.857. The van der Waals surface area contributed by atoms with Gasteiger partial charge < -0.3 is 10.4 Å². The summed E-state index contributed by atoms with van der Waals surface area (Å²) in [5, 5.41) is 11.7. The van der Waals surface area contributed by atoms with Gasteiger partial charge in [0.15, 0.2) is 9.84 Å². The third-order valence-corrected chi connectivity index (χ3v) is 5.67. The molecular formula is C14H25NO5S. The van der Waals surface area contributed by atoms with Crippen molar-refractivity contribution < 1.29 is 23.1 Å². The standard InChI is InChI=1S/C14H25NO5S/c1-10(2)9-21(19,20)8-7-13(16)15-12-5-3-11(4-6-12)14(17)18/h10-12H,3-9H2,1-2H3,(H,15,16)(H,17,18). The number of carbonyl (C=O) groups excluding carboxylic acids is 1. The van der Waals surface area contributed by atoms with Crippen molar-refractivity contribution >= 4 is 21.7 Å². The monoisotopic (exact) mass is 319 g/mol. The third-order valence-electron chi connectivity index (χ3n) is 3.67. The Kier molecular flexibility index (Phi) is 6.64. The van der Waals surface area contributed by atoms with Crippen molar-refractivity contribution in [1.29, 1.82) is 0 Å². The molecule has 0 aromatic carbocycles. The molecule has 6 nitrogen and oxygen atoms in total. The van der Waals surface area contributed by atoms with Crippen LogP contribution >= 0.6 is 0 Å². The Morgan fingerprint density at radius 3 is 2.24 bits per heavy atom. The van der Waals surface area contributed by atoms with Gasteiger partial charge in [0.2, 0.25) is 5.91 Å². The van der Waals surface area contributed by atoms with Gasteiger partial charge in [0, 0.05) is 12.5 Å². The highest BCUT2D eigenvalue weighted by Crippen LogP contribution is 2.24. The Labute approximate surface area is 126 Å².